The van der Waals surface area contributed by atoms with Gasteiger partial charge in [0.25, 0.3) is 0 Å². The molecule has 0 bridgehead atoms. The zero-order chi connectivity index (χ0) is 14.8. The monoisotopic (exact) mass is 299 g/mol. The smallest absolute Gasteiger partial charge is 0.181 e. The van der Waals surface area contributed by atoms with Crippen LogP contribution in [0.3, 0.4) is 0 Å². The number of rotatable bonds is 4. The van der Waals surface area contributed by atoms with E-state index in [1.54, 1.807) is 24.4 Å². The minimum Gasteiger partial charge on any atom is -0.341 e. The molecule has 108 valence electrons. The van der Waals surface area contributed by atoms with Gasteiger partial charge >= 0.3 is 0 Å². The molecule has 0 aliphatic rings. The fraction of sp³-hybridized carbons (Fsp3) is 0.267. The van der Waals surface area contributed by atoms with Crippen LogP contribution in [0.2, 0.25) is 0 Å². The third kappa shape index (κ3) is 3.06. The SMILES string of the molecule is Cc1ccc(Sc2ncnc3nc[nH]c23)c(CC(C)N)c1. The van der Waals surface area contributed by atoms with Gasteiger partial charge in [-0.2, -0.15) is 0 Å². The van der Waals surface area contributed by atoms with Gasteiger partial charge in [0.1, 0.15) is 16.9 Å². The molecular weight excluding hydrogens is 282 g/mol. The number of hydrogen-bond donors (Lipinski definition) is 2. The lowest BCUT2D eigenvalue weighted by molar-refractivity contribution is 0.729. The fourth-order valence-corrected chi connectivity index (χ4v) is 3.21. The van der Waals surface area contributed by atoms with Gasteiger partial charge in [-0.05, 0) is 31.9 Å². The molecule has 0 aliphatic heterocycles. The maximum atomic E-state index is 5.96. The molecule has 0 spiro atoms. The number of nitrogens with one attached hydrogen (secondary N) is 1. The third-order valence-electron chi connectivity index (χ3n) is 3.15. The van der Waals surface area contributed by atoms with Gasteiger partial charge in [-0.3, -0.25) is 0 Å². The molecule has 2 aromatic heterocycles. The summed E-state index contributed by atoms with van der Waals surface area (Å²) < 4.78 is 0. The van der Waals surface area contributed by atoms with Crippen molar-refractivity contribution in [3.63, 3.8) is 0 Å². The molecule has 0 amide bonds. The second-order valence-corrected chi connectivity index (χ2v) is 6.21. The van der Waals surface area contributed by atoms with Crippen molar-refractivity contribution >= 4 is 22.9 Å². The van der Waals surface area contributed by atoms with E-state index < -0.39 is 0 Å². The Morgan fingerprint density at radius 1 is 1.29 bits per heavy atom. The number of aromatic nitrogens is 4. The second-order valence-electron chi connectivity index (χ2n) is 5.17. The number of benzene rings is 1. The topological polar surface area (TPSA) is 80.5 Å². The summed E-state index contributed by atoms with van der Waals surface area (Å²) in [6.07, 6.45) is 4.04. The highest BCUT2D eigenvalue weighted by Crippen LogP contribution is 2.33. The Morgan fingerprint density at radius 2 is 2.14 bits per heavy atom. The van der Waals surface area contributed by atoms with E-state index in [2.05, 4.69) is 45.1 Å². The number of nitrogens with zero attached hydrogens (tertiary/aromatic N) is 3. The van der Waals surface area contributed by atoms with E-state index in [9.17, 15) is 0 Å². The maximum absolute atomic E-state index is 5.96. The molecule has 6 heteroatoms. The summed E-state index contributed by atoms with van der Waals surface area (Å²) >= 11 is 1.62. The molecule has 3 aromatic rings. The van der Waals surface area contributed by atoms with Gasteiger partial charge in [0.2, 0.25) is 0 Å². The first-order valence-electron chi connectivity index (χ1n) is 6.80. The Bertz CT molecular complexity index is 766. The third-order valence-corrected chi connectivity index (χ3v) is 4.27. The molecule has 0 saturated heterocycles. The molecule has 0 fully saturated rings. The largest absolute Gasteiger partial charge is 0.341 e. The van der Waals surface area contributed by atoms with Crippen LogP contribution in [0, 0.1) is 6.92 Å². The van der Waals surface area contributed by atoms with Gasteiger partial charge in [0.15, 0.2) is 5.65 Å². The average Bonchev–Trinajstić information content (AvgIpc) is 2.90. The Morgan fingerprint density at radius 3 is 2.95 bits per heavy atom. The summed E-state index contributed by atoms with van der Waals surface area (Å²) in [5.74, 6) is 0. The van der Waals surface area contributed by atoms with E-state index in [1.807, 2.05) is 6.92 Å². The van der Waals surface area contributed by atoms with Gasteiger partial charge in [0, 0.05) is 10.9 Å². The summed E-state index contributed by atoms with van der Waals surface area (Å²) in [6, 6.07) is 6.56. The maximum Gasteiger partial charge on any atom is 0.181 e. The Kier molecular flexibility index (Phi) is 3.90. The second kappa shape index (κ2) is 5.83. The van der Waals surface area contributed by atoms with Crippen LogP contribution in [0.25, 0.3) is 11.2 Å². The van der Waals surface area contributed by atoms with Crippen LogP contribution in [0.1, 0.15) is 18.1 Å². The van der Waals surface area contributed by atoms with Gasteiger partial charge in [-0.25, -0.2) is 15.0 Å². The summed E-state index contributed by atoms with van der Waals surface area (Å²) in [6.45, 7) is 4.12. The van der Waals surface area contributed by atoms with Crippen molar-refractivity contribution in [3.8, 4) is 0 Å². The number of H-pyrrole nitrogens is 1. The number of aryl methyl sites for hydroxylation is 1. The van der Waals surface area contributed by atoms with Crippen molar-refractivity contribution in [1.82, 2.24) is 19.9 Å². The number of nitrogens with two attached hydrogens (primary N) is 1. The van der Waals surface area contributed by atoms with E-state index in [1.165, 1.54) is 16.0 Å². The van der Waals surface area contributed by atoms with Gasteiger partial charge in [0.05, 0.1) is 6.33 Å². The average molecular weight is 299 g/mol. The highest BCUT2D eigenvalue weighted by atomic mass is 32.2. The minimum atomic E-state index is 0.128. The quantitative estimate of drug-likeness (QED) is 0.724. The van der Waals surface area contributed by atoms with Crippen molar-refractivity contribution in [2.75, 3.05) is 0 Å². The molecule has 3 N–H and O–H groups in total. The van der Waals surface area contributed by atoms with E-state index in [0.717, 1.165) is 17.0 Å². The molecule has 2 heterocycles. The normalized spacial score (nSPS) is 12.7. The number of aromatic amines is 1. The van der Waals surface area contributed by atoms with Gasteiger partial charge in [-0.1, -0.05) is 29.5 Å². The summed E-state index contributed by atoms with van der Waals surface area (Å²) in [7, 11) is 0. The Labute approximate surface area is 127 Å². The predicted molar refractivity (Wildman–Crippen MR) is 84.3 cm³/mol. The highest BCUT2D eigenvalue weighted by molar-refractivity contribution is 7.99. The van der Waals surface area contributed by atoms with E-state index in [-0.39, 0.29) is 6.04 Å². The summed E-state index contributed by atoms with van der Waals surface area (Å²) in [5.41, 5.74) is 10.0. The lowest BCUT2D eigenvalue weighted by Crippen LogP contribution is -2.18. The van der Waals surface area contributed by atoms with Crippen molar-refractivity contribution < 1.29 is 0 Å². The minimum absolute atomic E-state index is 0.128. The summed E-state index contributed by atoms with van der Waals surface area (Å²) in [4.78, 5) is 16.9. The molecule has 3 rings (SSSR count). The number of imidazole rings is 1. The van der Waals surface area contributed by atoms with Crippen molar-refractivity contribution in [2.24, 2.45) is 5.73 Å². The lowest BCUT2D eigenvalue weighted by Gasteiger charge is -2.12. The van der Waals surface area contributed by atoms with Gasteiger partial charge in [-0.15, -0.1) is 0 Å². The van der Waals surface area contributed by atoms with Crippen LogP contribution >= 0.6 is 11.8 Å². The van der Waals surface area contributed by atoms with E-state index in [4.69, 9.17) is 5.73 Å². The molecule has 5 nitrogen and oxygen atoms in total. The zero-order valence-electron chi connectivity index (χ0n) is 12.0. The van der Waals surface area contributed by atoms with Crippen LogP contribution in [-0.2, 0) is 6.42 Å². The zero-order valence-corrected chi connectivity index (χ0v) is 12.8. The fourth-order valence-electron chi connectivity index (χ4n) is 2.24. The van der Waals surface area contributed by atoms with Crippen LogP contribution in [0.4, 0.5) is 0 Å². The standard InChI is InChI=1S/C15H17N5S/c1-9-3-4-12(11(5-9)6-10(2)16)21-15-13-14(18-7-17-13)19-8-20-15/h3-5,7-8,10H,6,16H2,1-2H3,(H,17,18,19,20). The number of fused-ring (bicyclic) bond motifs is 1. The molecular formula is C15H17N5S. The lowest BCUT2D eigenvalue weighted by atomic mass is 10.1. The molecule has 0 radical (unpaired) electrons. The molecule has 0 aliphatic carbocycles. The van der Waals surface area contributed by atoms with Gasteiger partial charge < -0.3 is 10.7 Å². The van der Waals surface area contributed by atoms with Crippen LogP contribution < -0.4 is 5.73 Å². The van der Waals surface area contributed by atoms with Crippen LogP contribution in [0.5, 0.6) is 0 Å². The van der Waals surface area contributed by atoms with E-state index in [0.29, 0.717) is 5.65 Å². The van der Waals surface area contributed by atoms with Crippen molar-refractivity contribution in [2.45, 2.75) is 36.2 Å². The van der Waals surface area contributed by atoms with E-state index >= 15 is 0 Å². The molecule has 1 atom stereocenters. The Balaban J connectivity index is 1.99. The number of hydrogen-bond acceptors (Lipinski definition) is 5. The highest BCUT2D eigenvalue weighted by Gasteiger charge is 2.11. The molecule has 1 aromatic carbocycles. The first-order valence-corrected chi connectivity index (χ1v) is 7.62. The van der Waals surface area contributed by atoms with Crippen molar-refractivity contribution in [3.05, 3.63) is 42.0 Å². The molecule has 0 saturated carbocycles. The molecule has 1 unspecified atom stereocenters. The first kappa shape index (κ1) is 14.0. The first-order chi connectivity index (χ1) is 10.1. The predicted octanol–water partition coefficient (Wildman–Crippen LogP) is 2.70. The Hall–Kier alpha value is -1.92. The van der Waals surface area contributed by atoms with Crippen molar-refractivity contribution in [1.29, 1.82) is 0 Å². The summed E-state index contributed by atoms with van der Waals surface area (Å²) in [5, 5.41) is 0.882. The molecule has 21 heavy (non-hydrogen) atoms. The van der Waals surface area contributed by atoms with Crippen LogP contribution in [-0.4, -0.2) is 26.0 Å². The van der Waals surface area contributed by atoms with Crippen LogP contribution in [0.15, 0.2) is 40.8 Å².